The number of para-hydroxylation sites is 1. The number of benzene rings is 1. The van der Waals surface area contributed by atoms with Crippen LogP contribution in [0, 0.1) is 5.41 Å². The normalized spacial score (nSPS) is 16.0. The lowest BCUT2D eigenvalue weighted by molar-refractivity contribution is 0.0318. The Morgan fingerprint density at radius 3 is 2.30 bits per heavy atom. The van der Waals surface area contributed by atoms with Crippen LogP contribution in [0.25, 0.3) is 0 Å². The summed E-state index contributed by atoms with van der Waals surface area (Å²) in [6, 6.07) is 10.1. The summed E-state index contributed by atoms with van der Waals surface area (Å²) in [7, 11) is 0. The van der Waals surface area contributed by atoms with Gasteiger partial charge in [-0.2, -0.15) is 0 Å². The zero-order valence-electron chi connectivity index (χ0n) is 18.3. The Hall–Kier alpha value is -1.33. The average molecular weight is 450 g/mol. The standard InChI is InChI=1S/C24H33Cl2N3O/c1-24(2,3)18-30-17-20(28-13-4-5-14-28)16-29(15-19-9-11-27-12-10-19)23-21(25)7-6-8-22(23)26/h6-12,20H,4-5,13-18H2,1-3H3. The van der Waals surface area contributed by atoms with E-state index in [0.29, 0.717) is 16.7 Å². The molecular weight excluding hydrogens is 417 g/mol. The van der Waals surface area contributed by atoms with Crippen LogP contribution in [-0.4, -0.2) is 48.8 Å². The van der Waals surface area contributed by atoms with Gasteiger partial charge in [-0.3, -0.25) is 9.88 Å². The molecule has 2 heterocycles. The Kier molecular flexibility index (Phi) is 8.41. The van der Waals surface area contributed by atoms with Gasteiger partial charge in [0.05, 0.1) is 35.0 Å². The topological polar surface area (TPSA) is 28.6 Å². The molecule has 1 atom stereocenters. The monoisotopic (exact) mass is 449 g/mol. The summed E-state index contributed by atoms with van der Waals surface area (Å²) < 4.78 is 6.18. The molecular formula is C24H33Cl2N3O. The maximum atomic E-state index is 6.61. The average Bonchev–Trinajstić information content (AvgIpc) is 3.21. The number of hydrogen-bond donors (Lipinski definition) is 0. The second-order valence-electron chi connectivity index (χ2n) is 9.28. The van der Waals surface area contributed by atoms with Crippen molar-refractivity contribution in [1.29, 1.82) is 0 Å². The van der Waals surface area contributed by atoms with E-state index in [4.69, 9.17) is 27.9 Å². The predicted octanol–water partition coefficient (Wildman–Crippen LogP) is 5.92. The molecule has 2 aromatic rings. The molecule has 164 valence electrons. The largest absolute Gasteiger partial charge is 0.379 e. The third-order valence-electron chi connectivity index (χ3n) is 5.31. The number of nitrogens with zero attached hydrogens (tertiary/aromatic N) is 3. The number of halogens is 2. The molecule has 0 aliphatic carbocycles. The SMILES string of the molecule is CC(C)(C)COCC(CN(Cc1ccncc1)c1c(Cl)cccc1Cl)N1CCCC1. The molecule has 0 N–H and O–H groups in total. The van der Waals surface area contributed by atoms with E-state index >= 15 is 0 Å². The van der Waals surface area contributed by atoms with Gasteiger partial charge in [-0.05, 0) is 61.2 Å². The molecule has 3 rings (SSSR count). The van der Waals surface area contributed by atoms with Gasteiger partial charge in [0.25, 0.3) is 0 Å². The van der Waals surface area contributed by atoms with Crippen molar-refractivity contribution < 1.29 is 4.74 Å². The summed E-state index contributed by atoms with van der Waals surface area (Å²) in [5.74, 6) is 0. The lowest BCUT2D eigenvalue weighted by atomic mass is 9.99. The highest BCUT2D eigenvalue weighted by Crippen LogP contribution is 2.35. The third kappa shape index (κ3) is 6.84. The van der Waals surface area contributed by atoms with Crippen LogP contribution < -0.4 is 4.90 Å². The van der Waals surface area contributed by atoms with Gasteiger partial charge < -0.3 is 9.64 Å². The summed E-state index contributed by atoms with van der Waals surface area (Å²) in [5.41, 5.74) is 2.22. The molecule has 0 amide bonds. The molecule has 0 radical (unpaired) electrons. The van der Waals surface area contributed by atoms with Crippen LogP contribution in [0.3, 0.4) is 0 Å². The number of hydrogen-bond acceptors (Lipinski definition) is 4. The molecule has 1 aromatic heterocycles. The Morgan fingerprint density at radius 2 is 1.70 bits per heavy atom. The fourth-order valence-corrected chi connectivity index (χ4v) is 4.51. The van der Waals surface area contributed by atoms with Gasteiger partial charge in [0, 0.05) is 25.5 Å². The summed E-state index contributed by atoms with van der Waals surface area (Å²) in [6.07, 6.45) is 6.14. The Balaban J connectivity index is 1.84. The molecule has 30 heavy (non-hydrogen) atoms. The first-order valence-electron chi connectivity index (χ1n) is 10.7. The van der Waals surface area contributed by atoms with Crippen molar-refractivity contribution in [2.24, 2.45) is 5.41 Å². The van der Waals surface area contributed by atoms with Crippen molar-refractivity contribution in [1.82, 2.24) is 9.88 Å². The van der Waals surface area contributed by atoms with Crippen molar-refractivity contribution in [3.8, 4) is 0 Å². The van der Waals surface area contributed by atoms with Crippen molar-refractivity contribution in [3.63, 3.8) is 0 Å². The van der Waals surface area contributed by atoms with Gasteiger partial charge in [-0.1, -0.05) is 50.0 Å². The molecule has 0 saturated carbocycles. The first-order chi connectivity index (χ1) is 14.3. The predicted molar refractivity (Wildman–Crippen MR) is 127 cm³/mol. The van der Waals surface area contributed by atoms with E-state index < -0.39 is 0 Å². The van der Waals surface area contributed by atoms with E-state index in [2.05, 4.69) is 35.6 Å². The number of aromatic nitrogens is 1. The zero-order chi connectivity index (χ0) is 21.6. The van der Waals surface area contributed by atoms with E-state index in [1.807, 2.05) is 42.7 Å². The summed E-state index contributed by atoms with van der Waals surface area (Å²) in [4.78, 5) is 8.99. The van der Waals surface area contributed by atoms with Crippen molar-refractivity contribution in [2.75, 3.05) is 37.7 Å². The quantitative estimate of drug-likeness (QED) is 0.474. The lowest BCUT2D eigenvalue weighted by Crippen LogP contribution is -2.46. The fraction of sp³-hybridized carbons (Fsp3) is 0.542. The van der Waals surface area contributed by atoms with Gasteiger partial charge in [0.2, 0.25) is 0 Å². The fourth-order valence-electron chi connectivity index (χ4n) is 3.87. The molecule has 0 spiro atoms. The number of anilines is 1. The Morgan fingerprint density at radius 1 is 1.07 bits per heavy atom. The van der Waals surface area contributed by atoms with Crippen LogP contribution in [0.5, 0.6) is 0 Å². The van der Waals surface area contributed by atoms with Gasteiger partial charge in [0.15, 0.2) is 0 Å². The number of rotatable bonds is 9. The smallest absolute Gasteiger partial charge is 0.0748 e. The molecule has 1 unspecified atom stereocenters. The first kappa shape index (κ1) is 23.3. The minimum atomic E-state index is 0.151. The lowest BCUT2D eigenvalue weighted by Gasteiger charge is -2.35. The van der Waals surface area contributed by atoms with E-state index in [1.165, 1.54) is 18.4 Å². The number of pyridine rings is 1. The van der Waals surface area contributed by atoms with Crippen LogP contribution in [0.1, 0.15) is 39.2 Å². The molecule has 1 saturated heterocycles. The van der Waals surface area contributed by atoms with Gasteiger partial charge in [0.1, 0.15) is 0 Å². The Labute approximate surface area is 191 Å². The molecule has 1 aromatic carbocycles. The molecule has 6 heteroatoms. The van der Waals surface area contributed by atoms with Crippen molar-refractivity contribution >= 4 is 28.9 Å². The summed E-state index contributed by atoms with van der Waals surface area (Å²) in [6.45, 7) is 11.8. The van der Waals surface area contributed by atoms with Crippen LogP contribution in [0.4, 0.5) is 5.69 Å². The molecule has 4 nitrogen and oxygen atoms in total. The first-order valence-corrected chi connectivity index (χ1v) is 11.5. The highest BCUT2D eigenvalue weighted by molar-refractivity contribution is 6.39. The number of likely N-dealkylation sites (tertiary alicyclic amines) is 1. The zero-order valence-corrected chi connectivity index (χ0v) is 19.8. The second kappa shape index (κ2) is 10.8. The summed E-state index contributed by atoms with van der Waals surface area (Å²) in [5, 5.41) is 1.35. The van der Waals surface area contributed by atoms with E-state index in [0.717, 1.165) is 38.5 Å². The molecule has 1 aliphatic rings. The van der Waals surface area contributed by atoms with Crippen molar-refractivity contribution in [3.05, 3.63) is 58.3 Å². The van der Waals surface area contributed by atoms with Gasteiger partial charge in [-0.25, -0.2) is 0 Å². The van der Waals surface area contributed by atoms with Crippen LogP contribution in [0.2, 0.25) is 10.0 Å². The van der Waals surface area contributed by atoms with Crippen LogP contribution >= 0.6 is 23.2 Å². The van der Waals surface area contributed by atoms with E-state index in [-0.39, 0.29) is 11.5 Å². The maximum absolute atomic E-state index is 6.61. The minimum absolute atomic E-state index is 0.151. The maximum Gasteiger partial charge on any atom is 0.0748 e. The third-order valence-corrected chi connectivity index (χ3v) is 5.92. The highest BCUT2D eigenvalue weighted by atomic mass is 35.5. The van der Waals surface area contributed by atoms with E-state index in [1.54, 1.807) is 0 Å². The molecule has 0 bridgehead atoms. The Bertz CT molecular complexity index is 769. The van der Waals surface area contributed by atoms with Crippen LogP contribution in [0.15, 0.2) is 42.7 Å². The second-order valence-corrected chi connectivity index (χ2v) is 10.1. The minimum Gasteiger partial charge on any atom is -0.379 e. The number of ether oxygens (including phenoxy) is 1. The van der Waals surface area contributed by atoms with Crippen LogP contribution in [-0.2, 0) is 11.3 Å². The van der Waals surface area contributed by atoms with Gasteiger partial charge >= 0.3 is 0 Å². The molecule has 1 fully saturated rings. The highest BCUT2D eigenvalue weighted by Gasteiger charge is 2.27. The van der Waals surface area contributed by atoms with Crippen molar-refractivity contribution in [2.45, 2.75) is 46.2 Å². The van der Waals surface area contributed by atoms with E-state index in [9.17, 15) is 0 Å². The molecule has 1 aliphatic heterocycles. The summed E-state index contributed by atoms with van der Waals surface area (Å²) >= 11 is 13.2. The van der Waals surface area contributed by atoms with Gasteiger partial charge in [-0.15, -0.1) is 0 Å².